The summed E-state index contributed by atoms with van der Waals surface area (Å²) < 4.78 is 0. The molecule has 0 saturated heterocycles. The summed E-state index contributed by atoms with van der Waals surface area (Å²) in [4.78, 5) is 71.9. The van der Waals surface area contributed by atoms with Crippen LogP contribution in [0.5, 0.6) is 0 Å². The summed E-state index contributed by atoms with van der Waals surface area (Å²) >= 11 is 0. The standard InChI is InChI=1S/C22H40N6O7/c1-5-12(4)18(28-19(31)13(23)6-8-16(24)29)21(33)27-15(10-11(2)3)20(32)26-14(22(34)35)7-9-17(25)30/h11-15,18H,5-10,23H2,1-4H3,(H2,24,29)(H2,25,30)(H,26,32)(H,27,33)(H,28,31)(H,34,35). The zero-order chi connectivity index (χ0) is 27.3. The fourth-order valence-electron chi connectivity index (χ4n) is 3.17. The third-order valence-corrected chi connectivity index (χ3v) is 5.47. The lowest BCUT2D eigenvalue weighted by Gasteiger charge is -2.28. The first-order valence-corrected chi connectivity index (χ1v) is 11.7. The van der Waals surface area contributed by atoms with Gasteiger partial charge in [-0.25, -0.2) is 4.79 Å². The molecular weight excluding hydrogens is 460 g/mol. The minimum atomic E-state index is -1.37. The molecule has 35 heavy (non-hydrogen) atoms. The molecule has 0 rings (SSSR count). The number of rotatable bonds is 17. The van der Waals surface area contributed by atoms with Crippen LogP contribution in [0, 0.1) is 11.8 Å². The highest BCUT2D eigenvalue weighted by Gasteiger charge is 2.32. The highest BCUT2D eigenvalue weighted by Crippen LogP contribution is 2.12. The number of carboxylic acid groups (broad SMARTS) is 1. The molecule has 0 heterocycles. The SMILES string of the molecule is CCC(C)C(NC(=O)C(N)CCC(N)=O)C(=O)NC(CC(C)C)C(=O)NC(CCC(N)=O)C(=O)O. The van der Waals surface area contributed by atoms with Gasteiger partial charge in [0.25, 0.3) is 0 Å². The molecule has 13 heteroatoms. The number of carbonyl (C=O) groups excluding carboxylic acids is 5. The smallest absolute Gasteiger partial charge is 0.326 e. The Morgan fingerprint density at radius 2 is 1.29 bits per heavy atom. The zero-order valence-electron chi connectivity index (χ0n) is 20.8. The van der Waals surface area contributed by atoms with Gasteiger partial charge >= 0.3 is 5.97 Å². The van der Waals surface area contributed by atoms with Crippen molar-refractivity contribution in [3.63, 3.8) is 0 Å². The van der Waals surface area contributed by atoms with E-state index >= 15 is 0 Å². The number of carboxylic acids is 1. The van der Waals surface area contributed by atoms with Gasteiger partial charge in [-0.2, -0.15) is 0 Å². The van der Waals surface area contributed by atoms with E-state index in [9.17, 15) is 33.9 Å². The molecule has 5 amide bonds. The van der Waals surface area contributed by atoms with Crippen LogP contribution in [-0.4, -0.2) is 64.8 Å². The van der Waals surface area contributed by atoms with Crippen molar-refractivity contribution < 1.29 is 33.9 Å². The molecule has 0 aromatic carbocycles. The largest absolute Gasteiger partial charge is 0.480 e. The topological polar surface area (TPSA) is 237 Å². The Morgan fingerprint density at radius 1 is 0.771 bits per heavy atom. The summed E-state index contributed by atoms with van der Waals surface area (Å²) in [5, 5.41) is 16.9. The highest BCUT2D eigenvalue weighted by molar-refractivity contribution is 5.94. The molecule has 200 valence electrons. The number of aliphatic carboxylic acids is 1. The van der Waals surface area contributed by atoms with Crippen LogP contribution >= 0.6 is 0 Å². The van der Waals surface area contributed by atoms with Crippen LogP contribution in [0.25, 0.3) is 0 Å². The molecule has 0 spiro atoms. The van der Waals surface area contributed by atoms with Gasteiger partial charge in [-0.3, -0.25) is 24.0 Å². The Hall–Kier alpha value is -3.22. The quantitative estimate of drug-likeness (QED) is 0.123. The second-order valence-electron chi connectivity index (χ2n) is 9.08. The number of primary amides is 2. The van der Waals surface area contributed by atoms with E-state index in [4.69, 9.17) is 17.2 Å². The van der Waals surface area contributed by atoms with Gasteiger partial charge in [0.1, 0.15) is 18.1 Å². The monoisotopic (exact) mass is 500 g/mol. The first-order chi connectivity index (χ1) is 16.2. The number of carbonyl (C=O) groups is 6. The van der Waals surface area contributed by atoms with E-state index in [1.165, 1.54) is 0 Å². The Bertz CT molecular complexity index is 773. The van der Waals surface area contributed by atoms with E-state index in [0.717, 1.165) is 0 Å². The molecule has 0 aliphatic rings. The minimum absolute atomic E-state index is 0.0102. The normalized spacial score (nSPS) is 15.3. The van der Waals surface area contributed by atoms with Gasteiger partial charge in [0.2, 0.25) is 29.5 Å². The molecule has 0 fully saturated rings. The molecule has 0 radical (unpaired) electrons. The van der Waals surface area contributed by atoms with Crippen molar-refractivity contribution in [2.24, 2.45) is 29.0 Å². The zero-order valence-corrected chi connectivity index (χ0v) is 20.8. The third-order valence-electron chi connectivity index (χ3n) is 5.47. The first kappa shape index (κ1) is 31.8. The lowest BCUT2D eigenvalue weighted by atomic mass is 9.96. The molecule has 0 saturated carbocycles. The molecule has 0 aromatic rings. The fourth-order valence-corrected chi connectivity index (χ4v) is 3.17. The second-order valence-corrected chi connectivity index (χ2v) is 9.08. The van der Waals surface area contributed by atoms with Crippen molar-refractivity contribution in [3.05, 3.63) is 0 Å². The van der Waals surface area contributed by atoms with Gasteiger partial charge in [0.15, 0.2) is 0 Å². The number of hydrogen-bond acceptors (Lipinski definition) is 7. The lowest BCUT2D eigenvalue weighted by molar-refractivity contribution is -0.142. The van der Waals surface area contributed by atoms with Gasteiger partial charge in [-0.1, -0.05) is 34.1 Å². The fraction of sp³-hybridized carbons (Fsp3) is 0.727. The van der Waals surface area contributed by atoms with Crippen molar-refractivity contribution in [1.82, 2.24) is 16.0 Å². The van der Waals surface area contributed by atoms with E-state index < -0.39 is 59.7 Å². The third kappa shape index (κ3) is 12.7. The summed E-state index contributed by atoms with van der Waals surface area (Å²) in [6, 6.07) is -4.54. The van der Waals surface area contributed by atoms with Gasteiger partial charge in [0.05, 0.1) is 6.04 Å². The van der Waals surface area contributed by atoms with E-state index in [0.29, 0.717) is 6.42 Å². The van der Waals surface area contributed by atoms with Crippen LogP contribution in [0.15, 0.2) is 0 Å². The predicted octanol–water partition coefficient (Wildman–Crippen LogP) is -1.52. The Balaban J connectivity index is 5.54. The molecule has 10 N–H and O–H groups in total. The van der Waals surface area contributed by atoms with Crippen LogP contribution < -0.4 is 33.2 Å². The second kappa shape index (κ2) is 15.6. The van der Waals surface area contributed by atoms with E-state index in [2.05, 4.69) is 16.0 Å². The molecule has 5 unspecified atom stereocenters. The van der Waals surface area contributed by atoms with Gasteiger partial charge in [0, 0.05) is 12.8 Å². The highest BCUT2D eigenvalue weighted by atomic mass is 16.4. The summed E-state index contributed by atoms with van der Waals surface area (Å²) in [6.45, 7) is 7.19. The maximum Gasteiger partial charge on any atom is 0.326 e. The van der Waals surface area contributed by atoms with Crippen molar-refractivity contribution in [3.8, 4) is 0 Å². The molecule has 13 nitrogen and oxygen atoms in total. The van der Waals surface area contributed by atoms with Crippen LogP contribution in [0.4, 0.5) is 0 Å². The number of nitrogens with one attached hydrogen (secondary N) is 3. The average molecular weight is 501 g/mol. The van der Waals surface area contributed by atoms with Gasteiger partial charge in [-0.05, 0) is 31.1 Å². The van der Waals surface area contributed by atoms with Crippen LogP contribution in [0.2, 0.25) is 0 Å². The summed E-state index contributed by atoms with van der Waals surface area (Å²) in [6.07, 6.45) is 0.190. The maximum atomic E-state index is 13.1. The van der Waals surface area contributed by atoms with Crippen LogP contribution in [-0.2, 0) is 28.8 Å². The molecular formula is C22H40N6O7. The maximum absolute atomic E-state index is 13.1. The average Bonchev–Trinajstić information content (AvgIpc) is 2.76. The predicted molar refractivity (Wildman–Crippen MR) is 127 cm³/mol. The number of amides is 5. The van der Waals surface area contributed by atoms with Crippen molar-refractivity contribution in [2.45, 2.75) is 90.4 Å². The van der Waals surface area contributed by atoms with Gasteiger partial charge < -0.3 is 38.3 Å². The van der Waals surface area contributed by atoms with Crippen LogP contribution in [0.1, 0.15) is 66.2 Å². The summed E-state index contributed by atoms with van der Waals surface area (Å²) in [5.41, 5.74) is 15.9. The van der Waals surface area contributed by atoms with Crippen molar-refractivity contribution in [2.75, 3.05) is 0 Å². The van der Waals surface area contributed by atoms with Crippen molar-refractivity contribution >= 4 is 35.5 Å². The Morgan fingerprint density at radius 3 is 1.74 bits per heavy atom. The Kier molecular flexibility index (Phi) is 14.2. The van der Waals surface area contributed by atoms with E-state index in [1.807, 2.05) is 20.8 Å². The van der Waals surface area contributed by atoms with Crippen LogP contribution in [0.3, 0.4) is 0 Å². The van der Waals surface area contributed by atoms with Gasteiger partial charge in [-0.15, -0.1) is 0 Å². The summed E-state index contributed by atoms with van der Waals surface area (Å²) in [5.74, 6) is -5.05. The molecule has 0 aliphatic heterocycles. The Labute approximate surface area is 205 Å². The summed E-state index contributed by atoms with van der Waals surface area (Å²) in [7, 11) is 0. The van der Waals surface area contributed by atoms with Crippen molar-refractivity contribution in [1.29, 1.82) is 0 Å². The van der Waals surface area contributed by atoms with E-state index in [1.54, 1.807) is 6.92 Å². The number of nitrogens with two attached hydrogens (primary N) is 3. The molecule has 0 aliphatic carbocycles. The van der Waals surface area contributed by atoms with E-state index in [-0.39, 0.29) is 43.9 Å². The molecule has 5 atom stereocenters. The molecule has 0 aromatic heterocycles. The lowest BCUT2D eigenvalue weighted by Crippen LogP contribution is -2.58. The minimum Gasteiger partial charge on any atom is -0.480 e. The number of hydrogen-bond donors (Lipinski definition) is 7. The molecule has 0 bridgehead atoms. The first-order valence-electron chi connectivity index (χ1n) is 11.7.